The molecule has 2 saturated heterocycles. The van der Waals surface area contributed by atoms with Crippen LogP contribution in [-0.4, -0.2) is 81.0 Å². The topological polar surface area (TPSA) is 91.0 Å². The molecular weight excluding hydrogens is 432 g/mol. The van der Waals surface area contributed by atoms with Crippen LogP contribution in [0.2, 0.25) is 0 Å². The second-order valence-electron chi connectivity index (χ2n) is 10.0. The van der Waals surface area contributed by atoms with Gasteiger partial charge in [0.2, 0.25) is 5.91 Å². The number of Topliss-reactive ketones (excluding diaryl/α,β-unsaturated/α-hetero) is 1. The van der Waals surface area contributed by atoms with Gasteiger partial charge in [-0.3, -0.25) is 14.4 Å². The number of benzene rings is 1. The fraction of sp³-hybridized carbons (Fsp3) is 0.654. The van der Waals surface area contributed by atoms with Gasteiger partial charge in [-0.2, -0.15) is 0 Å². The molecule has 2 N–H and O–H groups in total. The number of ether oxygens (including phenoxy) is 1. The summed E-state index contributed by atoms with van der Waals surface area (Å²) in [6.45, 7) is 10.5. The van der Waals surface area contributed by atoms with Crippen LogP contribution in [0, 0.1) is 11.8 Å². The number of hydrogen-bond acceptors (Lipinski definition) is 6. The lowest BCUT2D eigenvalue weighted by Gasteiger charge is -2.34. The van der Waals surface area contributed by atoms with E-state index in [1.54, 1.807) is 0 Å². The third-order valence-corrected chi connectivity index (χ3v) is 6.68. The highest BCUT2D eigenvalue weighted by atomic mass is 16.5. The average Bonchev–Trinajstić information content (AvgIpc) is 2.81. The summed E-state index contributed by atoms with van der Waals surface area (Å²) in [4.78, 5) is 43.2. The SMILES string of the molecule is CCCC1COCC(=O)[C@H]1NC(=O)[C@H](CC(C)C)NC(=O)c1ccc(N2CCN(C)CC2)cc1. The Bertz CT molecular complexity index is 832. The molecule has 1 unspecified atom stereocenters. The molecule has 1 aromatic rings. The van der Waals surface area contributed by atoms with Crippen LogP contribution in [0.3, 0.4) is 0 Å². The highest BCUT2D eigenvalue weighted by Crippen LogP contribution is 2.20. The summed E-state index contributed by atoms with van der Waals surface area (Å²) >= 11 is 0. The van der Waals surface area contributed by atoms with E-state index in [9.17, 15) is 14.4 Å². The van der Waals surface area contributed by atoms with Crippen molar-refractivity contribution in [3.05, 3.63) is 29.8 Å². The second kappa shape index (κ2) is 12.3. The minimum absolute atomic E-state index is 0.0199. The Morgan fingerprint density at radius 3 is 2.41 bits per heavy atom. The molecule has 3 rings (SSSR count). The predicted molar refractivity (Wildman–Crippen MR) is 133 cm³/mol. The first kappa shape index (κ1) is 26.2. The number of nitrogens with one attached hydrogen (secondary N) is 2. The normalized spacial score (nSPS) is 22.5. The smallest absolute Gasteiger partial charge is 0.251 e. The Labute approximate surface area is 203 Å². The zero-order valence-corrected chi connectivity index (χ0v) is 21.0. The van der Waals surface area contributed by atoms with Crippen molar-refractivity contribution in [2.24, 2.45) is 11.8 Å². The maximum absolute atomic E-state index is 13.2. The zero-order valence-electron chi connectivity index (χ0n) is 21.0. The lowest BCUT2D eigenvalue weighted by Crippen LogP contribution is -2.57. The van der Waals surface area contributed by atoms with Crippen LogP contribution in [0.1, 0.15) is 50.4 Å². The van der Waals surface area contributed by atoms with Gasteiger partial charge in [0.15, 0.2) is 5.78 Å². The van der Waals surface area contributed by atoms with Crippen LogP contribution in [0.4, 0.5) is 5.69 Å². The lowest BCUT2D eigenvalue weighted by molar-refractivity contribution is -0.138. The van der Waals surface area contributed by atoms with Crippen LogP contribution in [0.25, 0.3) is 0 Å². The average molecular weight is 473 g/mol. The van der Waals surface area contributed by atoms with E-state index in [0.29, 0.717) is 18.6 Å². The van der Waals surface area contributed by atoms with Crippen LogP contribution in [0.5, 0.6) is 0 Å². The molecule has 2 aliphatic heterocycles. The van der Waals surface area contributed by atoms with E-state index in [1.165, 1.54) is 0 Å². The van der Waals surface area contributed by atoms with Crippen molar-refractivity contribution in [3.8, 4) is 0 Å². The number of carbonyl (C=O) groups is 3. The van der Waals surface area contributed by atoms with Gasteiger partial charge in [0, 0.05) is 43.3 Å². The van der Waals surface area contributed by atoms with Crippen LogP contribution < -0.4 is 15.5 Å². The molecule has 0 radical (unpaired) electrons. The van der Waals surface area contributed by atoms with Crippen molar-refractivity contribution in [3.63, 3.8) is 0 Å². The summed E-state index contributed by atoms with van der Waals surface area (Å²) in [5, 5.41) is 5.83. The van der Waals surface area contributed by atoms with E-state index in [-0.39, 0.29) is 36.0 Å². The van der Waals surface area contributed by atoms with E-state index < -0.39 is 12.1 Å². The fourth-order valence-electron chi connectivity index (χ4n) is 4.67. The number of carbonyl (C=O) groups excluding carboxylic acids is 3. The molecule has 0 saturated carbocycles. The van der Waals surface area contributed by atoms with E-state index in [0.717, 1.165) is 44.7 Å². The first-order valence-electron chi connectivity index (χ1n) is 12.5. The Morgan fingerprint density at radius 2 is 1.79 bits per heavy atom. The van der Waals surface area contributed by atoms with Crippen molar-refractivity contribution in [1.82, 2.24) is 15.5 Å². The van der Waals surface area contributed by atoms with Gasteiger partial charge < -0.3 is 25.2 Å². The Kier molecular flexibility index (Phi) is 9.47. The van der Waals surface area contributed by atoms with Crippen molar-refractivity contribution in [2.75, 3.05) is 51.3 Å². The van der Waals surface area contributed by atoms with Crippen molar-refractivity contribution in [1.29, 1.82) is 0 Å². The minimum atomic E-state index is -0.706. The largest absolute Gasteiger partial charge is 0.373 e. The van der Waals surface area contributed by atoms with Gasteiger partial charge in [0.05, 0.1) is 12.6 Å². The van der Waals surface area contributed by atoms with Crippen molar-refractivity contribution < 1.29 is 19.1 Å². The maximum atomic E-state index is 13.2. The van der Waals surface area contributed by atoms with E-state index in [1.807, 2.05) is 38.1 Å². The number of anilines is 1. The number of likely N-dealkylation sites (N-methyl/N-ethyl adjacent to an activating group) is 1. The van der Waals surface area contributed by atoms with Gasteiger partial charge in [-0.1, -0.05) is 27.2 Å². The van der Waals surface area contributed by atoms with Gasteiger partial charge in [-0.15, -0.1) is 0 Å². The molecule has 0 spiro atoms. The molecule has 188 valence electrons. The Balaban J connectivity index is 1.65. The van der Waals surface area contributed by atoms with E-state index >= 15 is 0 Å². The molecule has 2 aliphatic rings. The Morgan fingerprint density at radius 1 is 1.12 bits per heavy atom. The molecule has 2 amide bonds. The first-order valence-corrected chi connectivity index (χ1v) is 12.5. The molecule has 0 bridgehead atoms. The number of piperazine rings is 1. The number of ketones is 1. The number of rotatable bonds is 9. The van der Waals surface area contributed by atoms with Crippen LogP contribution in [-0.2, 0) is 14.3 Å². The van der Waals surface area contributed by atoms with E-state index in [4.69, 9.17) is 4.74 Å². The van der Waals surface area contributed by atoms with Gasteiger partial charge in [0.1, 0.15) is 12.6 Å². The van der Waals surface area contributed by atoms with Crippen LogP contribution in [0.15, 0.2) is 24.3 Å². The number of amides is 2. The lowest BCUT2D eigenvalue weighted by atomic mass is 9.90. The quantitative estimate of drug-likeness (QED) is 0.572. The molecule has 3 atom stereocenters. The second-order valence-corrected chi connectivity index (χ2v) is 10.0. The maximum Gasteiger partial charge on any atom is 0.251 e. The van der Waals surface area contributed by atoms with Gasteiger partial charge in [0.25, 0.3) is 5.91 Å². The van der Waals surface area contributed by atoms with Gasteiger partial charge in [-0.25, -0.2) is 0 Å². The highest BCUT2D eigenvalue weighted by molar-refractivity contribution is 5.99. The standard InChI is InChI=1S/C26H40N4O4/c1-5-6-20-16-34-17-23(31)24(20)28-26(33)22(15-18(2)3)27-25(32)19-7-9-21(10-8-19)30-13-11-29(4)12-14-30/h7-10,18,20,22,24H,5-6,11-17H2,1-4H3,(H,27,32)(H,28,33)/t20?,22-,24-/m0/s1. The summed E-state index contributed by atoms with van der Waals surface area (Å²) in [7, 11) is 2.12. The third kappa shape index (κ3) is 7.03. The van der Waals surface area contributed by atoms with Gasteiger partial charge in [-0.05, 0) is 50.1 Å². The summed E-state index contributed by atoms with van der Waals surface area (Å²) in [6, 6.07) is 6.29. The minimum Gasteiger partial charge on any atom is -0.373 e. The van der Waals surface area contributed by atoms with Crippen molar-refractivity contribution >= 4 is 23.3 Å². The van der Waals surface area contributed by atoms with Crippen LogP contribution >= 0.6 is 0 Å². The molecule has 8 nitrogen and oxygen atoms in total. The summed E-state index contributed by atoms with van der Waals surface area (Å²) in [6.07, 6.45) is 2.20. The predicted octanol–water partition coefficient (Wildman–Crippen LogP) is 2.08. The molecule has 1 aromatic carbocycles. The zero-order chi connectivity index (χ0) is 24.7. The monoisotopic (exact) mass is 472 g/mol. The Hall–Kier alpha value is -2.45. The number of nitrogens with zero attached hydrogens (tertiary/aromatic N) is 2. The third-order valence-electron chi connectivity index (χ3n) is 6.68. The molecular formula is C26H40N4O4. The summed E-state index contributed by atoms with van der Waals surface area (Å²) in [5.41, 5.74) is 1.62. The van der Waals surface area contributed by atoms with E-state index in [2.05, 4.69) is 34.4 Å². The molecule has 0 aliphatic carbocycles. The number of hydrogen-bond donors (Lipinski definition) is 2. The molecule has 8 heteroatoms. The molecule has 34 heavy (non-hydrogen) atoms. The fourth-order valence-corrected chi connectivity index (χ4v) is 4.67. The van der Waals surface area contributed by atoms with Gasteiger partial charge >= 0.3 is 0 Å². The summed E-state index contributed by atoms with van der Waals surface area (Å²) < 4.78 is 5.39. The summed E-state index contributed by atoms with van der Waals surface area (Å²) in [5.74, 6) is -0.529. The molecule has 2 fully saturated rings. The molecule has 2 heterocycles. The van der Waals surface area contributed by atoms with Crippen molar-refractivity contribution in [2.45, 2.75) is 52.1 Å². The molecule has 0 aromatic heterocycles. The first-order chi connectivity index (χ1) is 16.3. The highest BCUT2D eigenvalue weighted by Gasteiger charge is 2.35.